The number of fused-ring (bicyclic) bond motifs is 7. The molecule has 5 rings (SSSR count). The highest BCUT2D eigenvalue weighted by Gasteiger charge is 2.80. The van der Waals surface area contributed by atoms with Crippen molar-refractivity contribution in [3.63, 3.8) is 0 Å². The van der Waals surface area contributed by atoms with Crippen LogP contribution in [0.4, 0.5) is 8.78 Å². The largest absolute Gasteiger partial charge is 0.344 e. The number of rotatable bonds is 2. The Morgan fingerprint density at radius 1 is 1.21 bits per heavy atom. The molecule has 0 spiro atoms. The number of halogens is 5. The van der Waals surface area contributed by atoms with E-state index in [2.05, 4.69) is 0 Å². The molecule has 0 aromatic carbocycles. The number of carbonyl (C=O) groups is 2. The molecule has 4 nitrogen and oxygen atoms in total. The molecule has 0 aromatic rings. The number of Topliss-reactive ketones (excluding diaryl/α,β-unsaturated/α-hetero) is 1. The Labute approximate surface area is 207 Å². The summed E-state index contributed by atoms with van der Waals surface area (Å²) in [6.07, 6.45) is 0.683. The first-order valence-corrected chi connectivity index (χ1v) is 12.8. The molecule has 0 radical (unpaired) electrons. The minimum atomic E-state index is -2.27. The summed E-state index contributed by atoms with van der Waals surface area (Å²) in [5, 5.41) is -0.677. The zero-order valence-corrected chi connectivity index (χ0v) is 21.4. The minimum absolute atomic E-state index is 0.0714. The number of allylic oxidation sites excluding steroid dienone is 1. The molecule has 0 N–H and O–H groups in total. The van der Waals surface area contributed by atoms with Gasteiger partial charge in [-0.3, -0.25) is 9.59 Å². The molecule has 184 valence electrons. The zero-order valence-electron chi connectivity index (χ0n) is 19.1. The van der Waals surface area contributed by atoms with Crippen LogP contribution >= 0.6 is 34.8 Å². The van der Waals surface area contributed by atoms with Gasteiger partial charge in [-0.2, -0.15) is 0 Å². The van der Waals surface area contributed by atoms with E-state index in [1.54, 1.807) is 13.8 Å². The Morgan fingerprint density at radius 3 is 2.52 bits per heavy atom. The van der Waals surface area contributed by atoms with Crippen molar-refractivity contribution in [1.29, 1.82) is 0 Å². The molecule has 1 saturated heterocycles. The van der Waals surface area contributed by atoms with E-state index in [1.165, 1.54) is 6.08 Å². The third-order valence-electron chi connectivity index (χ3n) is 9.54. The van der Waals surface area contributed by atoms with Crippen molar-refractivity contribution in [3.05, 3.63) is 11.6 Å². The average Bonchev–Trinajstić information content (AvgIpc) is 3.11. The summed E-state index contributed by atoms with van der Waals surface area (Å²) in [6, 6.07) is 0. The topological polar surface area (TPSA) is 52.6 Å². The lowest BCUT2D eigenvalue weighted by Crippen LogP contribution is -2.70. The Balaban J connectivity index is 1.66. The second-order valence-corrected chi connectivity index (χ2v) is 13.0. The van der Waals surface area contributed by atoms with E-state index in [0.29, 0.717) is 18.4 Å². The van der Waals surface area contributed by atoms with Crippen molar-refractivity contribution < 1.29 is 27.8 Å². The summed E-state index contributed by atoms with van der Waals surface area (Å²) >= 11 is 20.3. The van der Waals surface area contributed by atoms with Gasteiger partial charge in [0.15, 0.2) is 17.2 Å². The number of carbonyl (C=O) groups excluding carboxylic acids is 2. The predicted molar refractivity (Wildman–Crippen MR) is 121 cm³/mol. The summed E-state index contributed by atoms with van der Waals surface area (Å²) < 4.78 is 42.4. The molecule has 4 aliphatic carbocycles. The van der Waals surface area contributed by atoms with Crippen LogP contribution in [0.2, 0.25) is 0 Å². The molecule has 1 aliphatic heterocycles. The van der Waals surface area contributed by atoms with Crippen LogP contribution in [0.15, 0.2) is 11.6 Å². The lowest BCUT2D eigenvalue weighted by molar-refractivity contribution is -0.214. The zero-order chi connectivity index (χ0) is 24.4. The number of ketones is 2. The van der Waals surface area contributed by atoms with E-state index in [-0.39, 0.29) is 31.0 Å². The predicted octanol–water partition coefficient (Wildman–Crippen LogP) is 5.65. The summed E-state index contributed by atoms with van der Waals surface area (Å²) in [4.78, 5) is 24.4. The van der Waals surface area contributed by atoms with E-state index in [9.17, 15) is 14.0 Å². The normalized spacial score (nSPS) is 53.4. The highest BCUT2D eigenvalue weighted by Crippen LogP contribution is 2.74. The highest BCUT2D eigenvalue weighted by atomic mass is 35.5. The third kappa shape index (κ3) is 2.82. The summed E-state index contributed by atoms with van der Waals surface area (Å²) in [6.45, 7) is 7.12. The van der Waals surface area contributed by atoms with E-state index < -0.39 is 62.1 Å². The Morgan fingerprint density at radius 2 is 1.88 bits per heavy atom. The molecule has 0 amide bonds. The molecule has 4 fully saturated rings. The fourth-order valence-electron chi connectivity index (χ4n) is 8.19. The van der Waals surface area contributed by atoms with Gasteiger partial charge in [0.05, 0.1) is 16.4 Å². The van der Waals surface area contributed by atoms with Crippen LogP contribution in [0.5, 0.6) is 0 Å². The molecule has 9 heteroatoms. The quantitative estimate of drug-likeness (QED) is 0.437. The monoisotopic (exact) mass is 524 g/mol. The third-order valence-corrected chi connectivity index (χ3v) is 11.3. The van der Waals surface area contributed by atoms with E-state index in [0.717, 1.165) is 0 Å². The van der Waals surface area contributed by atoms with Crippen LogP contribution in [0, 0.1) is 22.7 Å². The second kappa shape index (κ2) is 7.15. The summed E-state index contributed by atoms with van der Waals surface area (Å²) in [7, 11) is 0. The van der Waals surface area contributed by atoms with Gasteiger partial charge in [0.2, 0.25) is 11.4 Å². The molecule has 3 saturated carbocycles. The van der Waals surface area contributed by atoms with E-state index in [1.807, 2.05) is 13.8 Å². The molecule has 1 heterocycles. The molecule has 5 aliphatic rings. The van der Waals surface area contributed by atoms with E-state index >= 15 is 4.39 Å². The van der Waals surface area contributed by atoms with Crippen molar-refractivity contribution in [1.82, 2.24) is 0 Å². The van der Waals surface area contributed by atoms with Crippen molar-refractivity contribution in [2.45, 2.75) is 99.3 Å². The molecule has 33 heavy (non-hydrogen) atoms. The first-order valence-electron chi connectivity index (χ1n) is 11.6. The Hall–Kier alpha value is -0.270. The smallest absolute Gasteiger partial charge is 0.234 e. The maximum absolute atomic E-state index is 15.7. The second-order valence-electron chi connectivity index (χ2n) is 11.4. The molecular formula is C24H29Cl3F2O4. The van der Waals surface area contributed by atoms with Crippen molar-refractivity contribution in [2.24, 2.45) is 22.7 Å². The number of hydrogen-bond donors (Lipinski definition) is 0. The van der Waals surface area contributed by atoms with Gasteiger partial charge < -0.3 is 9.47 Å². The van der Waals surface area contributed by atoms with Gasteiger partial charge in [0, 0.05) is 17.3 Å². The first-order chi connectivity index (χ1) is 15.1. The molecule has 1 unspecified atom stereocenters. The number of hydrogen-bond acceptors (Lipinski definition) is 4. The van der Waals surface area contributed by atoms with Crippen LogP contribution in [-0.2, 0) is 19.1 Å². The Bertz CT molecular complexity index is 956. The van der Waals surface area contributed by atoms with Crippen LogP contribution < -0.4 is 0 Å². The minimum Gasteiger partial charge on any atom is -0.344 e. The first kappa shape index (κ1) is 24.4. The van der Waals surface area contributed by atoms with Crippen LogP contribution in [0.1, 0.15) is 59.8 Å². The number of alkyl halides is 5. The molecule has 10 atom stereocenters. The van der Waals surface area contributed by atoms with Gasteiger partial charge in [0.1, 0.15) is 6.17 Å². The summed E-state index contributed by atoms with van der Waals surface area (Å²) in [5.41, 5.74) is -5.27. The number of ether oxygens (including phenoxy) is 2. The van der Waals surface area contributed by atoms with Crippen LogP contribution in [0.3, 0.4) is 0 Å². The fraction of sp³-hybridized carbons (Fsp3) is 0.833. The highest BCUT2D eigenvalue weighted by molar-refractivity contribution is 6.34. The maximum Gasteiger partial charge on any atom is 0.234 e. The Kier molecular flexibility index (Phi) is 5.29. The van der Waals surface area contributed by atoms with Gasteiger partial charge in [-0.1, -0.05) is 25.4 Å². The van der Waals surface area contributed by atoms with Crippen molar-refractivity contribution in [2.75, 3.05) is 0 Å². The van der Waals surface area contributed by atoms with Gasteiger partial charge in [-0.05, 0) is 63.0 Å². The van der Waals surface area contributed by atoms with Crippen molar-refractivity contribution in [3.8, 4) is 0 Å². The van der Waals surface area contributed by atoms with E-state index in [4.69, 9.17) is 44.3 Å². The lowest BCUT2D eigenvalue weighted by atomic mass is 9.45. The molecule has 0 aromatic heterocycles. The van der Waals surface area contributed by atoms with Crippen LogP contribution in [-0.4, -0.2) is 51.1 Å². The van der Waals surface area contributed by atoms with Gasteiger partial charge in [0.25, 0.3) is 0 Å². The average molecular weight is 526 g/mol. The SMILES string of the molecule is CC1(C)O[C@@H]2C[C@H]3[C@@H]4C[C@H](F)C5=CC(=O)CC[C@]5(C)[C@@]4(Cl)[C@@H](Cl)C[C@]3(C)[C@]2(C(=O)C(F)Cl)O1. The van der Waals surface area contributed by atoms with Gasteiger partial charge >= 0.3 is 0 Å². The fourth-order valence-corrected chi connectivity index (χ4v) is 9.60. The van der Waals surface area contributed by atoms with Gasteiger partial charge in [-0.15, -0.1) is 23.2 Å². The standard InChI is InChI=1S/C24H29Cl3F2O4/c1-20(2)32-17-9-12-13-8-15(28)14-7-11(30)5-6-21(14,3)23(13,27)16(25)10-22(12,4)24(17,33-20)18(31)19(26)29/h7,12-13,15-17,19H,5-6,8-10H2,1-4H3/t12-,13-,15-,16-,17+,19?,21-,22-,23-,24-/m0/s1. The summed E-state index contributed by atoms with van der Waals surface area (Å²) in [5.74, 6) is -2.82. The van der Waals surface area contributed by atoms with Gasteiger partial charge in [-0.25, -0.2) is 8.78 Å². The molecule has 0 bridgehead atoms. The van der Waals surface area contributed by atoms with Crippen LogP contribution in [0.25, 0.3) is 0 Å². The van der Waals surface area contributed by atoms with Crippen molar-refractivity contribution >= 4 is 46.4 Å². The molecular weight excluding hydrogens is 497 g/mol. The lowest BCUT2D eigenvalue weighted by Gasteiger charge is -2.65. The maximum atomic E-state index is 15.7.